The number of nitrogens with two attached hydrogens (primary N) is 1. The van der Waals surface area contributed by atoms with E-state index in [1.807, 2.05) is 0 Å². The van der Waals surface area contributed by atoms with Gasteiger partial charge in [0.25, 0.3) is 0 Å². The normalized spacial score (nSPS) is 29.4. The first kappa shape index (κ1) is 12.9. The molecule has 0 heterocycles. The van der Waals surface area contributed by atoms with Gasteiger partial charge >= 0.3 is 0 Å². The van der Waals surface area contributed by atoms with Gasteiger partial charge in [-0.05, 0) is 38.0 Å². The van der Waals surface area contributed by atoms with Gasteiger partial charge < -0.3 is 16.2 Å². The summed E-state index contributed by atoms with van der Waals surface area (Å²) in [6, 6.07) is 1.48. The molecule has 90 valence electrons. The van der Waals surface area contributed by atoms with Crippen molar-refractivity contribution >= 4 is 0 Å². The second-order valence-electron chi connectivity index (χ2n) is 5.14. The first-order chi connectivity index (χ1) is 7.13. The highest BCUT2D eigenvalue weighted by Gasteiger charge is 2.22. The highest BCUT2D eigenvalue weighted by Crippen LogP contribution is 2.19. The lowest BCUT2D eigenvalue weighted by atomic mass is 9.90. The Hall–Kier alpha value is -0.120. The number of aliphatic hydroxyl groups excluding tert-OH is 1. The summed E-state index contributed by atoms with van der Waals surface area (Å²) in [6.45, 7) is 4.70. The van der Waals surface area contributed by atoms with E-state index in [4.69, 9.17) is 10.8 Å². The van der Waals surface area contributed by atoms with Gasteiger partial charge in [0, 0.05) is 24.7 Å². The van der Waals surface area contributed by atoms with Gasteiger partial charge in [-0.3, -0.25) is 0 Å². The van der Waals surface area contributed by atoms with E-state index in [9.17, 15) is 0 Å². The second-order valence-corrected chi connectivity index (χ2v) is 5.14. The van der Waals surface area contributed by atoms with Crippen molar-refractivity contribution in [2.24, 2.45) is 11.7 Å². The Bertz CT molecular complexity index is 165. The van der Waals surface area contributed by atoms with E-state index in [1.54, 1.807) is 0 Å². The third-order valence-corrected chi connectivity index (χ3v) is 3.47. The summed E-state index contributed by atoms with van der Waals surface area (Å²) < 4.78 is 0. The molecule has 1 saturated carbocycles. The van der Waals surface area contributed by atoms with Crippen LogP contribution in [0.5, 0.6) is 0 Å². The molecule has 0 saturated heterocycles. The van der Waals surface area contributed by atoms with Crippen molar-refractivity contribution in [2.75, 3.05) is 6.61 Å². The van der Waals surface area contributed by atoms with Crippen LogP contribution >= 0.6 is 0 Å². The minimum Gasteiger partial charge on any atom is -0.396 e. The lowest BCUT2D eigenvalue weighted by Gasteiger charge is -2.32. The van der Waals surface area contributed by atoms with Gasteiger partial charge in [0.15, 0.2) is 0 Å². The van der Waals surface area contributed by atoms with Crippen molar-refractivity contribution in [3.05, 3.63) is 0 Å². The zero-order valence-corrected chi connectivity index (χ0v) is 10.1. The fraction of sp³-hybridized carbons (Fsp3) is 1.00. The van der Waals surface area contributed by atoms with Gasteiger partial charge in [-0.1, -0.05) is 13.8 Å². The van der Waals surface area contributed by atoms with Crippen LogP contribution in [0.15, 0.2) is 0 Å². The predicted molar refractivity (Wildman–Crippen MR) is 63.7 cm³/mol. The third kappa shape index (κ3) is 4.49. The summed E-state index contributed by atoms with van der Waals surface area (Å²) in [5.74, 6) is 0.591. The monoisotopic (exact) mass is 214 g/mol. The third-order valence-electron chi connectivity index (χ3n) is 3.47. The van der Waals surface area contributed by atoms with Crippen molar-refractivity contribution in [1.82, 2.24) is 5.32 Å². The minimum atomic E-state index is 0.280. The molecule has 1 unspecified atom stereocenters. The lowest BCUT2D eigenvalue weighted by molar-refractivity contribution is 0.219. The topological polar surface area (TPSA) is 58.3 Å². The molecule has 0 aromatic rings. The molecule has 1 rings (SSSR count). The maximum absolute atomic E-state index is 9.00. The van der Waals surface area contributed by atoms with E-state index in [-0.39, 0.29) is 6.61 Å². The van der Waals surface area contributed by atoms with Gasteiger partial charge in [0.05, 0.1) is 0 Å². The number of hydrogen-bond acceptors (Lipinski definition) is 3. The van der Waals surface area contributed by atoms with E-state index in [0.29, 0.717) is 24.0 Å². The Balaban J connectivity index is 2.31. The summed E-state index contributed by atoms with van der Waals surface area (Å²) in [6.07, 6.45) is 5.52. The van der Waals surface area contributed by atoms with Crippen LogP contribution in [-0.2, 0) is 0 Å². The van der Waals surface area contributed by atoms with Crippen LogP contribution in [0.25, 0.3) is 0 Å². The number of aliphatic hydroxyl groups is 1. The molecular formula is C12H26N2O. The van der Waals surface area contributed by atoms with Gasteiger partial charge in [-0.2, -0.15) is 0 Å². The van der Waals surface area contributed by atoms with Gasteiger partial charge in [0.1, 0.15) is 0 Å². The summed E-state index contributed by atoms with van der Waals surface area (Å²) in [7, 11) is 0. The van der Waals surface area contributed by atoms with Crippen LogP contribution in [0.1, 0.15) is 46.0 Å². The highest BCUT2D eigenvalue weighted by atomic mass is 16.3. The van der Waals surface area contributed by atoms with Crippen LogP contribution in [0, 0.1) is 5.92 Å². The molecule has 0 aromatic carbocycles. The zero-order chi connectivity index (χ0) is 11.3. The Kier molecular flexibility index (Phi) is 5.58. The van der Waals surface area contributed by atoms with E-state index < -0.39 is 0 Å². The van der Waals surface area contributed by atoms with Crippen LogP contribution in [-0.4, -0.2) is 29.8 Å². The lowest BCUT2D eigenvalue weighted by Crippen LogP contribution is -2.45. The molecule has 0 aliphatic heterocycles. The van der Waals surface area contributed by atoms with Gasteiger partial charge in [-0.25, -0.2) is 0 Å². The number of hydrogen-bond donors (Lipinski definition) is 3. The molecule has 0 spiro atoms. The van der Waals surface area contributed by atoms with Crippen molar-refractivity contribution in [2.45, 2.75) is 64.1 Å². The predicted octanol–water partition coefficient (Wildman–Crippen LogP) is 1.25. The summed E-state index contributed by atoms with van der Waals surface area (Å²) in [5, 5.41) is 12.7. The molecule has 4 N–H and O–H groups in total. The molecule has 0 radical (unpaired) electrons. The largest absolute Gasteiger partial charge is 0.396 e. The molecule has 1 aliphatic carbocycles. The Labute approximate surface area is 93.4 Å². The summed E-state index contributed by atoms with van der Waals surface area (Å²) in [5.41, 5.74) is 5.88. The molecule has 1 fully saturated rings. The van der Waals surface area contributed by atoms with E-state index >= 15 is 0 Å². The highest BCUT2D eigenvalue weighted by molar-refractivity contribution is 4.82. The molecule has 1 atom stereocenters. The van der Waals surface area contributed by atoms with Crippen molar-refractivity contribution < 1.29 is 5.11 Å². The SMILES string of the molecule is CC(C)C(CCO)NC1CCC(N)CC1. The smallest absolute Gasteiger partial charge is 0.0445 e. The van der Waals surface area contributed by atoms with Gasteiger partial charge in [0.2, 0.25) is 0 Å². The maximum atomic E-state index is 9.00. The molecule has 3 nitrogen and oxygen atoms in total. The second kappa shape index (κ2) is 6.46. The fourth-order valence-corrected chi connectivity index (χ4v) is 2.34. The van der Waals surface area contributed by atoms with Crippen molar-refractivity contribution in [3.8, 4) is 0 Å². The summed E-state index contributed by atoms with van der Waals surface area (Å²) >= 11 is 0. The average molecular weight is 214 g/mol. The molecule has 3 heteroatoms. The first-order valence-electron chi connectivity index (χ1n) is 6.26. The standard InChI is InChI=1S/C12H26N2O/c1-9(2)12(7-8-15)14-11-5-3-10(13)4-6-11/h9-12,14-15H,3-8,13H2,1-2H3. The summed E-state index contributed by atoms with van der Waals surface area (Å²) in [4.78, 5) is 0. The van der Waals surface area contributed by atoms with Crippen LogP contribution < -0.4 is 11.1 Å². The molecule has 15 heavy (non-hydrogen) atoms. The van der Waals surface area contributed by atoms with E-state index in [0.717, 1.165) is 19.3 Å². The molecular weight excluding hydrogens is 188 g/mol. The van der Waals surface area contributed by atoms with Crippen molar-refractivity contribution in [1.29, 1.82) is 0 Å². The molecule has 0 bridgehead atoms. The Morgan fingerprint density at radius 1 is 1.27 bits per heavy atom. The maximum Gasteiger partial charge on any atom is 0.0445 e. The van der Waals surface area contributed by atoms with E-state index in [1.165, 1.54) is 12.8 Å². The Morgan fingerprint density at radius 3 is 2.33 bits per heavy atom. The van der Waals surface area contributed by atoms with Crippen LogP contribution in [0.2, 0.25) is 0 Å². The number of nitrogens with one attached hydrogen (secondary N) is 1. The molecule has 0 amide bonds. The van der Waals surface area contributed by atoms with Crippen LogP contribution in [0.3, 0.4) is 0 Å². The fourth-order valence-electron chi connectivity index (χ4n) is 2.34. The molecule has 0 aromatic heterocycles. The van der Waals surface area contributed by atoms with Crippen molar-refractivity contribution in [3.63, 3.8) is 0 Å². The van der Waals surface area contributed by atoms with Crippen LogP contribution in [0.4, 0.5) is 0 Å². The quantitative estimate of drug-likeness (QED) is 0.645. The average Bonchev–Trinajstić information content (AvgIpc) is 2.20. The molecule has 1 aliphatic rings. The zero-order valence-electron chi connectivity index (χ0n) is 10.1. The van der Waals surface area contributed by atoms with Gasteiger partial charge in [-0.15, -0.1) is 0 Å². The minimum absolute atomic E-state index is 0.280. The van der Waals surface area contributed by atoms with E-state index in [2.05, 4.69) is 19.2 Å². The first-order valence-corrected chi connectivity index (χ1v) is 6.26. The number of rotatable bonds is 5. The Morgan fingerprint density at radius 2 is 1.87 bits per heavy atom.